The van der Waals surface area contributed by atoms with E-state index in [0.29, 0.717) is 17.1 Å². The van der Waals surface area contributed by atoms with Gasteiger partial charge in [0.2, 0.25) is 0 Å². The molecule has 37 heavy (non-hydrogen) atoms. The third-order valence-corrected chi connectivity index (χ3v) is 9.17. The molecule has 0 N–H and O–H groups in total. The Balaban J connectivity index is 1.38. The fourth-order valence-corrected chi connectivity index (χ4v) is 6.99. The second-order valence-corrected chi connectivity index (χ2v) is 11.4. The molecule has 0 radical (unpaired) electrons. The van der Waals surface area contributed by atoms with Crippen LogP contribution >= 0.6 is 0 Å². The molecule has 1 unspecified atom stereocenters. The molecule has 0 fully saturated rings. The largest absolute Gasteiger partial charge is 0.296 e. The van der Waals surface area contributed by atoms with Crippen molar-refractivity contribution in [2.75, 3.05) is 13.1 Å². The first-order chi connectivity index (χ1) is 18.0. The molecule has 0 spiro atoms. The predicted molar refractivity (Wildman–Crippen MR) is 150 cm³/mol. The standard InChI is InChI=1S/C31H29N3O2S/c1-23(24-10-3-2-4-11-24)33-20-9-14-25(18-21-33)28-22-34(29-16-6-5-15-27(28)29)37(35,36)30-17-7-12-26-13-8-19-32-31(26)30/h2-8,10-17,19,22-23H,9,18,20-21H2,1H3. The number of hydrogen-bond acceptors (Lipinski definition) is 4. The minimum atomic E-state index is -3.86. The maximum Gasteiger partial charge on any atom is 0.270 e. The summed E-state index contributed by atoms with van der Waals surface area (Å²) in [5.74, 6) is 0. The molecule has 2 aromatic heterocycles. The Bertz CT molecular complexity index is 1720. The lowest BCUT2D eigenvalue weighted by Gasteiger charge is -2.28. The van der Waals surface area contributed by atoms with E-state index in [0.717, 1.165) is 42.3 Å². The van der Waals surface area contributed by atoms with Crippen molar-refractivity contribution in [2.24, 2.45) is 0 Å². The van der Waals surface area contributed by atoms with Crippen molar-refractivity contribution >= 4 is 37.4 Å². The first-order valence-corrected chi connectivity index (χ1v) is 14.2. The Morgan fingerprint density at radius 1 is 0.865 bits per heavy atom. The van der Waals surface area contributed by atoms with Gasteiger partial charge in [0.15, 0.2) is 0 Å². The van der Waals surface area contributed by atoms with Gasteiger partial charge < -0.3 is 0 Å². The summed E-state index contributed by atoms with van der Waals surface area (Å²) in [6.07, 6.45) is 7.52. The molecule has 3 aromatic carbocycles. The lowest BCUT2D eigenvalue weighted by Crippen LogP contribution is -2.28. The summed E-state index contributed by atoms with van der Waals surface area (Å²) in [6, 6.07) is 27.7. The van der Waals surface area contributed by atoms with E-state index in [4.69, 9.17) is 0 Å². The molecule has 0 amide bonds. The van der Waals surface area contributed by atoms with Gasteiger partial charge in [-0.05, 0) is 49.1 Å². The van der Waals surface area contributed by atoms with Gasteiger partial charge in [-0.1, -0.05) is 72.8 Å². The average Bonchev–Trinajstić information content (AvgIpc) is 3.17. The topological polar surface area (TPSA) is 55.2 Å². The van der Waals surface area contributed by atoms with Crippen LogP contribution in [0, 0.1) is 0 Å². The highest BCUT2D eigenvalue weighted by molar-refractivity contribution is 7.90. The van der Waals surface area contributed by atoms with E-state index in [1.807, 2.05) is 48.7 Å². The summed E-state index contributed by atoms with van der Waals surface area (Å²) >= 11 is 0. The summed E-state index contributed by atoms with van der Waals surface area (Å²) in [7, 11) is -3.86. The highest BCUT2D eigenvalue weighted by atomic mass is 32.2. The highest BCUT2D eigenvalue weighted by Crippen LogP contribution is 2.35. The van der Waals surface area contributed by atoms with Crippen LogP contribution in [0.5, 0.6) is 0 Å². The zero-order valence-corrected chi connectivity index (χ0v) is 21.6. The Hall–Kier alpha value is -3.74. The van der Waals surface area contributed by atoms with Gasteiger partial charge in [0, 0.05) is 47.9 Å². The van der Waals surface area contributed by atoms with Gasteiger partial charge in [0.1, 0.15) is 4.90 Å². The molecule has 1 aliphatic rings. The lowest BCUT2D eigenvalue weighted by molar-refractivity contribution is 0.223. The molecule has 3 heterocycles. The molecule has 5 aromatic rings. The molecule has 0 bridgehead atoms. The van der Waals surface area contributed by atoms with E-state index in [-0.39, 0.29) is 4.90 Å². The van der Waals surface area contributed by atoms with Crippen molar-refractivity contribution in [3.05, 3.63) is 115 Å². The van der Waals surface area contributed by atoms with Gasteiger partial charge >= 0.3 is 0 Å². The summed E-state index contributed by atoms with van der Waals surface area (Å²) in [5.41, 5.74) is 4.68. The average molecular weight is 508 g/mol. The van der Waals surface area contributed by atoms with Crippen molar-refractivity contribution in [3.63, 3.8) is 0 Å². The number of aromatic nitrogens is 2. The van der Waals surface area contributed by atoms with Gasteiger partial charge in [-0.2, -0.15) is 0 Å². The minimum Gasteiger partial charge on any atom is -0.296 e. The second-order valence-electron chi connectivity index (χ2n) is 9.58. The zero-order chi connectivity index (χ0) is 25.4. The molecule has 0 saturated heterocycles. The Kier molecular flexibility index (Phi) is 6.14. The fraction of sp³-hybridized carbons (Fsp3) is 0.194. The normalized spacial score (nSPS) is 16.0. The van der Waals surface area contributed by atoms with E-state index >= 15 is 0 Å². The SMILES string of the molecule is CC(c1ccccc1)N1CCC=C(c2cn(S(=O)(=O)c3cccc4cccnc34)c3ccccc23)CC1. The van der Waals surface area contributed by atoms with Gasteiger partial charge in [0.05, 0.1) is 11.0 Å². The van der Waals surface area contributed by atoms with E-state index < -0.39 is 10.0 Å². The first kappa shape index (κ1) is 23.6. The molecule has 1 aliphatic heterocycles. The number of nitrogens with zero attached hydrogens (tertiary/aromatic N) is 3. The number of para-hydroxylation sites is 2. The van der Waals surface area contributed by atoms with Crippen molar-refractivity contribution in [3.8, 4) is 0 Å². The summed E-state index contributed by atoms with van der Waals surface area (Å²) < 4.78 is 29.5. The maximum atomic E-state index is 14.0. The van der Waals surface area contributed by atoms with Crippen molar-refractivity contribution < 1.29 is 8.42 Å². The molecule has 6 rings (SSSR count). The van der Waals surface area contributed by atoms with E-state index in [1.165, 1.54) is 15.1 Å². The third kappa shape index (κ3) is 4.26. The van der Waals surface area contributed by atoms with Gasteiger partial charge in [0.25, 0.3) is 10.0 Å². The Morgan fingerprint density at radius 2 is 1.65 bits per heavy atom. The molecule has 6 heteroatoms. The van der Waals surface area contributed by atoms with Crippen LogP contribution in [0.25, 0.3) is 27.4 Å². The van der Waals surface area contributed by atoms with Crippen LogP contribution < -0.4 is 0 Å². The van der Waals surface area contributed by atoms with Gasteiger partial charge in [-0.15, -0.1) is 0 Å². The summed E-state index contributed by atoms with van der Waals surface area (Å²) in [6.45, 7) is 4.15. The number of hydrogen-bond donors (Lipinski definition) is 0. The van der Waals surface area contributed by atoms with Crippen LogP contribution in [0.1, 0.15) is 36.9 Å². The first-order valence-electron chi connectivity index (χ1n) is 12.7. The van der Waals surface area contributed by atoms with Gasteiger partial charge in [-0.25, -0.2) is 12.4 Å². The van der Waals surface area contributed by atoms with Crippen LogP contribution in [0.2, 0.25) is 0 Å². The molecule has 5 nitrogen and oxygen atoms in total. The van der Waals surface area contributed by atoms with Crippen molar-refractivity contribution in [2.45, 2.75) is 30.7 Å². The van der Waals surface area contributed by atoms with Crippen LogP contribution in [-0.4, -0.2) is 35.4 Å². The molecular formula is C31H29N3O2S. The van der Waals surface area contributed by atoms with Crippen LogP contribution in [-0.2, 0) is 10.0 Å². The summed E-state index contributed by atoms with van der Waals surface area (Å²) in [5, 5.41) is 1.76. The molecule has 0 saturated carbocycles. The van der Waals surface area contributed by atoms with Crippen molar-refractivity contribution in [1.82, 2.24) is 13.9 Å². The molecule has 186 valence electrons. The number of fused-ring (bicyclic) bond motifs is 2. The van der Waals surface area contributed by atoms with Gasteiger partial charge in [-0.3, -0.25) is 9.88 Å². The lowest BCUT2D eigenvalue weighted by atomic mass is 10.0. The smallest absolute Gasteiger partial charge is 0.270 e. The van der Waals surface area contributed by atoms with Crippen LogP contribution in [0.4, 0.5) is 0 Å². The fourth-order valence-electron chi connectivity index (χ4n) is 5.45. The van der Waals surface area contributed by atoms with Crippen LogP contribution in [0.15, 0.2) is 108 Å². The highest BCUT2D eigenvalue weighted by Gasteiger charge is 2.26. The molecule has 0 aliphatic carbocycles. The Morgan fingerprint density at radius 3 is 2.51 bits per heavy atom. The Labute approximate surface area is 217 Å². The number of benzene rings is 3. The van der Waals surface area contributed by atoms with Crippen LogP contribution in [0.3, 0.4) is 0 Å². The van der Waals surface area contributed by atoms with E-state index in [2.05, 4.69) is 53.2 Å². The zero-order valence-electron chi connectivity index (χ0n) is 20.8. The second kappa shape index (κ2) is 9.61. The predicted octanol–water partition coefficient (Wildman–Crippen LogP) is 6.67. The monoisotopic (exact) mass is 507 g/mol. The summed E-state index contributed by atoms with van der Waals surface area (Å²) in [4.78, 5) is 7.13. The number of pyridine rings is 1. The van der Waals surface area contributed by atoms with Crippen molar-refractivity contribution in [1.29, 1.82) is 0 Å². The molecule has 1 atom stereocenters. The maximum absolute atomic E-state index is 14.0. The molecular weight excluding hydrogens is 478 g/mol. The third-order valence-electron chi connectivity index (χ3n) is 7.46. The van der Waals surface area contributed by atoms with E-state index in [1.54, 1.807) is 18.3 Å². The quantitative estimate of drug-likeness (QED) is 0.267. The minimum absolute atomic E-state index is 0.218. The van der Waals surface area contributed by atoms with E-state index in [9.17, 15) is 8.42 Å². The number of rotatable bonds is 5.